The number of carbonyl (C=O) groups excluding carboxylic acids is 2. The number of fused-ring (bicyclic) bond motifs is 1. The maximum Gasteiger partial charge on any atom is 0.410 e. The van der Waals surface area contributed by atoms with Gasteiger partial charge in [0.05, 0.1) is 35.9 Å². The smallest absolute Gasteiger partial charge is 0.410 e. The van der Waals surface area contributed by atoms with Gasteiger partial charge in [-0.2, -0.15) is 13.2 Å². The molecule has 1 aliphatic rings. The van der Waals surface area contributed by atoms with Crippen LogP contribution in [0.3, 0.4) is 0 Å². The van der Waals surface area contributed by atoms with Crippen molar-refractivity contribution in [2.24, 2.45) is 0 Å². The fourth-order valence-electron chi connectivity index (χ4n) is 3.30. The van der Waals surface area contributed by atoms with Crippen LogP contribution in [0.25, 0.3) is 0 Å². The molecule has 0 radical (unpaired) electrons. The highest BCUT2D eigenvalue weighted by atomic mass is 35.5. The van der Waals surface area contributed by atoms with Gasteiger partial charge in [-0.1, -0.05) is 23.7 Å². The third-order valence-corrected chi connectivity index (χ3v) is 4.81. The maximum absolute atomic E-state index is 13.3. The van der Waals surface area contributed by atoms with Crippen LogP contribution in [0.5, 0.6) is 0 Å². The molecule has 0 saturated carbocycles. The van der Waals surface area contributed by atoms with E-state index in [2.05, 4.69) is 10.3 Å². The molecule has 31 heavy (non-hydrogen) atoms. The number of benzene rings is 1. The van der Waals surface area contributed by atoms with Crippen LogP contribution in [0.4, 0.5) is 23.7 Å². The van der Waals surface area contributed by atoms with Gasteiger partial charge < -0.3 is 14.6 Å². The summed E-state index contributed by atoms with van der Waals surface area (Å²) in [5.74, 6) is -0.486. The normalized spacial score (nSPS) is 16.6. The zero-order valence-electron chi connectivity index (χ0n) is 17.2. The maximum atomic E-state index is 13.3. The van der Waals surface area contributed by atoms with Gasteiger partial charge in [-0.25, -0.2) is 9.78 Å². The number of halogens is 4. The monoisotopic (exact) mass is 458 g/mol. The first-order valence-corrected chi connectivity index (χ1v) is 9.88. The summed E-state index contributed by atoms with van der Waals surface area (Å²) in [7, 11) is 0. The first-order valence-electron chi connectivity index (χ1n) is 9.51. The van der Waals surface area contributed by atoms with E-state index in [4.69, 9.17) is 16.3 Å². The summed E-state index contributed by atoms with van der Waals surface area (Å²) in [6.07, 6.45) is -5.29. The summed E-state index contributed by atoms with van der Waals surface area (Å²) in [6.45, 7) is 4.65. The highest BCUT2D eigenvalue weighted by molar-refractivity contribution is 6.33. The molecule has 1 N–H and O–H groups in total. The standard InChI is InChI=1S/C20H22ClF3N4O3/c1-19(2,3)31-18(30)27-10-12(8-20(22,23)24)28-15(9-25-16(28)11-27)17(29)26-14-7-5-4-6-13(14)21/h4-7,9,12H,8,10-11H2,1-3H3,(H,26,29). The molecular weight excluding hydrogens is 437 g/mol. The van der Waals surface area contributed by atoms with Crippen LogP contribution in [0.2, 0.25) is 5.02 Å². The molecule has 1 aromatic heterocycles. The molecule has 3 rings (SSSR count). The third-order valence-electron chi connectivity index (χ3n) is 4.48. The molecule has 0 saturated heterocycles. The van der Waals surface area contributed by atoms with Gasteiger partial charge in [-0.15, -0.1) is 0 Å². The zero-order valence-corrected chi connectivity index (χ0v) is 17.9. The van der Waals surface area contributed by atoms with Gasteiger partial charge in [0.1, 0.15) is 17.1 Å². The van der Waals surface area contributed by atoms with E-state index in [1.54, 1.807) is 45.0 Å². The molecule has 0 fully saturated rings. The van der Waals surface area contributed by atoms with Gasteiger partial charge >= 0.3 is 12.3 Å². The van der Waals surface area contributed by atoms with E-state index in [0.717, 1.165) is 0 Å². The molecule has 0 aliphatic carbocycles. The van der Waals surface area contributed by atoms with Crippen LogP contribution in [0, 0.1) is 0 Å². The average Bonchev–Trinajstić information content (AvgIpc) is 3.05. The van der Waals surface area contributed by atoms with Gasteiger partial charge in [0.15, 0.2) is 0 Å². The van der Waals surface area contributed by atoms with Crippen molar-refractivity contribution in [3.05, 3.63) is 47.0 Å². The number of nitrogens with one attached hydrogen (secondary N) is 1. The Hall–Kier alpha value is -2.75. The molecular formula is C20H22ClF3N4O3. The van der Waals surface area contributed by atoms with Crippen molar-refractivity contribution in [3.63, 3.8) is 0 Å². The summed E-state index contributed by atoms with van der Waals surface area (Å²) < 4.78 is 46.4. The number of amides is 2. The topological polar surface area (TPSA) is 76.5 Å². The van der Waals surface area contributed by atoms with Crippen molar-refractivity contribution in [2.45, 2.75) is 51.6 Å². The number of hydrogen-bond donors (Lipinski definition) is 1. The average molecular weight is 459 g/mol. The Bertz CT molecular complexity index is 985. The molecule has 168 valence electrons. The molecule has 0 bridgehead atoms. The number of anilines is 1. The van der Waals surface area contributed by atoms with Crippen LogP contribution in [0.15, 0.2) is 30.5 Å². The van der Waals surface area contributed by atoms with E-state index in [9.17, 15) is 22.8 Å². The molecule has 2 heterocycles. The summed E-state index contributed by atoms with van der Waals surface area (Å²) in [6, 6.07) is 5.27. The minimum atomic E-state index is -4.51. The second-order valence-corrected chi connectivity index (χ2v) is 8.60. The highest BCUT2D eigenvalue weighted by Gasteiger charge is 2.40. The lowest BCUT2D eigenvalue weighted by atomic mass is 10.1. The lowest BCUT2D eigenvalue weighted by Gasteiger charge is -2.36. The Morgan fingerprint density at radius 1 is 1.26 bits per heavy atom. The SMILES string of the molecule is CC(C)(C)OC(=O)N1Cc2ncc(C(=O)Nc3ccccc3Cl)n2C(CC(F)(F)F)C1. The Balaban J connectivity index is 1.91. The van der Waals surface area contributed by atoms with E-state index in [1.807, 2.05) is 0 Å². The quantitative estimate of drug-likeness (QED) is 0.699. The van der Waals surface area contributed by atoms with Crippen molar-refractivity contribution in [1.82, 2.24) is 14.5 Å². The largest absolute Gasteiger partial charge is 0.444 e. The molecule has 2 amide bonds. The van der Waals surface area contributed by atoms with Gasteiger partial charge in [0.25, 0.3) is 5.91 Å². The molecule has 0 spiro atoms. The summed E-state index contributed by atoms with van der Waals surface area (Å²) in [5.41, 5.74) is -0.528. The number of carbonyl (C=O) groups is 2. The second kappa shape index (κ2) is 8.41. The van der Waals surface area contributed by atoms with Crippen LogP contribution >= 0.6 is 11.6 Å². The third kappa shape index (κ3) is 5.69. The number of para-hydroxylation sites is 1. The molecule has 1 atom stereocenters. The lowest BCUT2D eigenvalue weighted by Crippen LogP contribution is -2.45. The number of ether oxygens (including phenoxy) is 1. The van der Waals surface area contributed by atoms with Crippen LogP contribution in [-0.2, 0) is 11.3 Å². The fraction of sp³-hybridized carbons (Fsp3) is 0.450. The summed E-state index contributed by atoms with van der Waals surface area (Å²) in [4.78, 5) is 30.5. The van der Waals surface area contributed by atoms with Gasteiger partial charge in [0, 0.05) is 6.54 Å². The van der Waals surface area contributed by atoms with Crippen molar-refractivity contribution in [2.75, 3.05) is 11.9 Å². The second-order valence-electron chi connectivity index (χ2n) is 8.20. The zero-order chi connectivity index (χ0) is 23.0. The number of imidazole rings is 1. The summed E-state index contributed by atoms with van der Waals surface area (Å²) in [5, 5.41) is 2.88. The van der Waals surface area contributed by atoms with E-state index in [0.29, 0.717) is 5.69 Å². The van der Waals surface area contributed by atoms with E-state index >= 15 is 0 Å². The van der Waals surface area contributed by atoms with Crippen molar-refractivity contribution < 1.29 is 27.5 Å². The van der Waals surface area contributed by atoms with E-state index in [-0.39, 0.29) is 29.6 Å². The Morgan fingerprint density at radius 2 is 1.94 bits per heavy atom. The molecule has 7 nitrogen and oxygen atoms in total. The van der Waals surface area contributed by atoms with Crippen LogP contribution in [-0.4, -0.2) is 44.8 Å². The first kappa shape index (κ1) is 22.9. The number of alkyl halides is 3. The van der Waals surface area contributed by atoms with Crippen molar-refractivity contribution >= 4 is 29.3 Å². The summed E-state index contributed by atoms with van der Waals surface area (Å²) >= 11 is 6.05. The van der Waals surface area contributed by atoms with Gasteiger partial charge in [-0.05, 0) is 32.9 Å². The molecule has 1 aromatic carbocycles. The predicted molar refractivity (Wildman–Crippen MR) is 108 cm³/mol. The molecule has 2 aromatic rings. The minimum absolute atomic E-state index is 0.0481. The number of hydrogen-bond acceptors (Lipinski definition) is 4. The van der Waals surface area contributed by atoms with Gasteiger partial charge in [0.2, 0.25) is 0 Å². The van der Waals surface area contributed by atoms with Crippen molar-refractivity contribution in [3.8, 4) is 0 Å². The highest BCUT2D eigenvalue weighted by Crippen LogP contribution is 2.34. The first-order chi connectivity index (χ1) is 14.3. The van der Waals surface area contributed by atoms with Gasteiger partial charge in [-0.3, -0.25) is 9.69 Å². The van der Waals surface area contributed by atoms with Crippen LogP contribution in [0.1, 0.15) is 49.5 Å². The minimum Gasteiger partial charge on any atom is -0.444 e. The lowest BCUT2D eigenvalue weighted by molar-refractivity contribution is -0.145. The number of rotatable bonds is 3. The number of nitrogens with zero attached hydrogens (tertiary/aromatic N) is 3. The Kier molecular flexibility index (Phi) is 6.22. The number of aromatic nitrogens is 2. The molecule has 1 aliphatic heterocycles. The predicted octanol–water partition coefficient (Wildman–Crippen LogP) is 5.03. The Morgan fingerprint density at radius 3 is 2.55 bits per heavy atom. The van der Waals surface area contributed by atoms with E-state index in [1.165, 1.54) is 15.7 Å². The van der Waals surface area contributed by atoms with E-state index < -0.39 is 36.2 Å². The van der Waals surface area contributed by atoms with Crippen molar-refractivity contribution in [1.29, 1.82) is 0 Å². The molecule has 1 unspecified atom stereocenters. The fourth-order valence-corrected chi connectivity index (χ4v) is 3.48. The van der Waals surface area contributed by atoms with Crippen LogP contribution < -0.4 is 5.32 Å². The molecule has 11 heteroatoms. The Labute approximate surface area is 182 Å².